The Labute approximate surface area is 185 Å². The zero-order valence-corrected chi connectivity index (χ0v) is 18.2. The Bertz CT molecular complexity index is 1090. The Hall–Kier alpha value is -2.73. The second kappa shape index (κ2) is 8.90. The predicted molar refractivity (Wildman–Crippen MR) is 105 cm³/mol. The van der Waals surface area contributed by atoms with Crippen molar-refractivity contribution in [1.29, 1.82) is 0 Å². The van der Waals surface area contributed by atoms with Gasteiger partial charge in [0, 0.05) is 17.4 Å². The van der Waals surface area contributed by atoms with E-state index in [2.05, 4.69) is 9.97 Å². The average molecular weight is 478 g/mol. The van der Waals surface area contributed by atoms with Gasteiger partial charge in [0.1, 0.15) is 18.5 Å². The van der Waals surface area contributed by atoms with Gasteiger partial charge in [-0.1, -0.05) is 13.0 Å². The molecule has 0 spiro atoms. The van der Waals surface area contributed by atoms with Gasteiger partial charge in [-0.15, -0.1) is 0 Å². The molecule has 2 aromatic rings. The van der Waals surface area contributed by atoms with E-state index in [1.807, 2.05) is 0 Å². The fraction of sp³-hybridized carbons (Fsp3) is 0.524. The van der Waals surface area contributed by atoms with Crippen molar-refractivity contribution >= 4 is 0 Å². The third-order valence-corrected chi connectivity index (χ3v) is 5.98. The molecule has 0 bridgehead atoms. The van der Waals surface area contributed by atoms with Crippen LogP contribution in [0, 0.1) is 24.5 Å². The van der Waals surface area contributed by atoms with Crippen LogP contribution in [-0.4, -0.2) is 47.2 Å². The maximum Gasteiger partial charge on any atom is 0.417 e. The second-order valence-corrected chi connectivity index (χ2v) is 7.88. The molecule has 182 valence electrons. The Morgan fingerprint density at radius 3 is 2.48 bits per heavy atom. The quantitative estimate of drug-likeness (QED) is 0.617. The summed E-state index contributed by atoms with van der Waals surface area (Å²) in [6.07, 6.45) is -6.31. The van der Waals surface area contributed by atoms with Gasteiger partial charge in [-0.2, -0.15) is 17.6 Å². The standard InChI is InChI=1S/C21H23F5N2O5/c1-9-13(11-5-6-12(22)14(23)16(11)31-4)17(33-20(9,3)21(24,25)26)18-27-10(2)15(19(30)28-18)32-8-7-29/h5-6,9,13,17,29H,7-8H2,1-4H3,(H,27,28,30)/t9-,13-,17+,20+/m0/s1. The van der Waals surface area contributed by atoms with Gasteiger partial charge in [-0.3, -0.25) is 4.79 Å². The number of ether oxygens (including phenoxy) is 3. The summed E-state index contributed by atoms with van der Waals surface area (Å²) in [5.41, 5.74) is -3.51. The van der Waals surface area contributed by atoms with Crippen LogP contribution in [0.4, 0.5) is 22.0 Å². The highest BCUT2D eigenvalue weighted by atomic mass is 19.4. The smallest absolute Gasteiger partial charge is 0.417 e. The van der Waals surface area contributed by atoms with E-state index in [9.17, 15) is 26.7 Å². The van der Waals surface area contributed by atoms with Gasteiger partial charge in [0.05, 0.1) is 19.4 Å². The number of nitrogens with one attached hydrogen (secondary N) is 1. The summed E-state index contributed by atoms with van der Waals surface area (Å²) >= 11 is 0. The first kappa shape index (κ1) is 24.9. The maximum absolute atomic E-state index is 14.4. The van der Waals surface area contributed by atoms with Crippen molar-refractivity contribution in [2.24, 2.45) is 5.92 Å². The minimum atomic E-state index is -4.83. The predicted octanol–water partition coefficient (Wildman–Crippen LogP) is 3.55. The third kappa shape index (κ3) is 4.17. The number of nitrogens with zero attached hydrogens (tertiary/aromatic N) is 1. The molecule has 1 aromatic carbocycles. The fourth-order valence-electron chi connectivity index (χ4n) is 4.10. The van der Waals surface area contributed by atoms with Crippen LogP contribution in [0.15, 0.2) is 16.9 Å². The minimum absolute atomic E-state index is 0.0510. The zero-order valence-electron chi connectivity index (χ0n) is 18.2. The molecule has 12 heteroatoms. The molecule has 4 atom stereocenters. The zero-order chi connectivity index (χ0) is 24.7. The molecule has 1 fully saturated rings. The number of aliphatic hydroxyl groups excluding tert-OH is 1. The van der Waals surface area contributed by atoms with Gasteiger partial charge < -0.3 is 24.3 Å². The van der Waals surface area contributed by atoms with E-state index in [1.165, 1.54) is 13.8 Å². The van der Waals surface area contributed by atoms with Crippen molar-refractivity contribution in [3.05, 3.63) is 51.2 Å². The number of benzene rings is 1. The normalized spacial score (nSPS) is 25.3. The topological polar surface area (TPSA) is 93.7 Å². The SMILES string of the molecule is COc1c([C@H]2[C@H](c3nc(C)c(OCCO)c(=O)[nH]3)O[C@@](C)(C(F)(F)F)[C@H]2C)ccc(F)c1F. The first-order valence-electron chi connectivity index (χ1n) is 9.98. The average Bonchev–Trinajstić information content (AvgIpc) is 3.01. The summed E-state index contributed by atoms with van der Waals surface area (Å²) in [6.45, 7) is 2.96. The molecule has 0 unspecified atom stereocenters. The molecular weight excluding hydrogens is 455 g/mol. The number of aliphatic hydroxyl groups is 1. The number of aromatic amines is 1. The molecule has 1 aliphatic heterocycles. The maximum atomic E-state index is 14.4. The Morgan fingerprint density at radius 2 is 1.94 bits per heavy atom. The van der Waals surface area contributed by atoms with Crippen LogP contribution in [0.3, 0.4) is 0 Å². The van der Waals surface area contributed by atoms with E-state index in [0.29, 0.717) is 0 Å². The highest BCUT2D eigenvalue weighted by Gasteiger charge is 2.65. The molecule has 2 heterocycles. The second-order valence-electron chi connectivity index (χ2n) is 7.88. The van der Waals surface area contributed by atoms with Crippen molar-refractivity contribution in [2.45, 2.75) is 44.6 Å². The number of aromatic nitrogens is 2. The molecule has 2 N–H and O–H groups in total. The number of halogens is 5. The third-order valence-electron chi connectivity index (χ3n) is 5.98. The van der Waals surface area contributed by atoms with Crippen molar-refractivity contribution < 1.29 is 41.3 Å². The Kier molecular flexibility index (Phi) is 6.72. The number of hydrogen-bond donors (Lipinski definition) is 2. The van der Waals surface area contributed by atoms with E-state index in [0.717, 1.165) is 26.2 Å². The van der Waals surface area contributed by atoms with E-state index in [-0.39, 0.29) is 36.0 Å². The van der Waals surface area contributed by atoms with Crippen LogP contribution >= 0.6 is 0 Å². The molecule has 0 amide bonds. The first-order valence-corrected chi connectivity index (χ1v) is 9.98. The summed E-state index contributed by atoms with van der Waals surface area (Å²) in [5.74, 6) is -6.12. The van der Waals surface area contributed by atoms with E-state index < -0.39 is 52.7 Å². The number of aryl methyl sites for hydroxylation is 1. The lowest BCUT2D eigenvalue weighted by atomic mass is 9.77. The number of methoxy groups -OCH3 is 1. The molecule has 0 radical (unpaired) electrons. The van der Waals surface area contributed by atoms with Gasteiger partial charge >= 0.3 is 6.18 Å². The lowest BCUT2D eigenvalue weighted by molar-refractivity contribution is -0.275. The number of hydrogen-bond acceptors (Lipinski definition) is 6. The van der Waals surface area contributed by atoms with Gasteiger partial charge in [-0.25, -0.2) is 9.37 Å². The monoisotopic (exact) mass is 478 g/mol. The van der Waals surface area contributed by atoms with Crippen molar-refractivity contribution in [3.8, 4) is 11.5 Å². The van der Waals surface area contributed by atoms with Gasteiger partial charge in [0.15, 0.2) is 17.2 Å². The van der Waals surface area contributed by atoms with Crippen molar-refractivity contribution in [3.63, 3.8) is 0 Å². The summed E-state index contributed by atoms with van der Waals surface area (Å²) in [7, 11) is 1.07. The van der Waals surface area contributed by atoms with Crippen LogP contribution < -0.4 is 15.0 Å². The summed E-state index contributed by atoms with van der Waals surface area (Å²) in [6, 6.07) is 1.91. The van der Waals surface area contributed by atoms with Crippen molar-refractivity contribution in [1.82, 2.24) is 9.97 Å². The lowest BCUT2D eigenvalue weighted by Crippen LogP contribution is -2.46. The molecular formula is C21H23F5N2O5. The van der Waals surface area contributed by atoms with E-state index >= 15 is 0 Å². The fourth-order valence-corrected chi connectivity index (χ4v) is 4.10. The van der Waals surface area contributed by atoms with Gasteiger partial charge in [0.25, 0.3) is 5.56 Å². The number of H-pyrrole nitrogens is 1. The van der Waals surface area contributed by atoms with Gasteiger partial charge in [0.2, 0.25) is 11.6 Å². The van der Waals surface area contributed by atoms with E-state index in [4.69, 9.17) is 19.3 Å². The van der Waals surface area contributed by atoms with Crippen molar-refractivity contribution in [2.75, 3.05) is 20.3 Å². The Morgan fingerprint density at radius 1 is 1.27 bits per heavy atom. The lowest BCUT2D eigenvalue weighted by Gasteiger charge is -2.32. The minimum Gasteiger partial charge on any atom is -0.493 e. The molecule has 7 nitrogen and oxygen atoms in total. The van der Waals surface area contributed by atoms with Crippen LogP contribution in [0.5, 0.6) is 11.5 Å². The highest BCUT2D eigenvalue weighted by Crippen LogP contribution is 2.59. The molecule has 0 saturated carbocycles. The van der Waals surface area contributed by atoms with Crippen LogP contribution in [0.2, 0.25) is 0 Å². The van der Waals surface area contributed by atoms with Crippen LogP contribution in [0.1, 0.15) is 43.0 Å². The summed E-state index contributed by atoms with van der Waals surface area (Å²) in [4.78, 5) is 19.0. The summed E-state index contributed by atoms with van der Waals surface area (Å²) in [5, 5.41) is 8.90. The summed E-state index contributed by atoms with van der Waals surface area (Å²) < 4.78 is 85.9. The van der Waals surface area contributed by atoms with Crippen LogP contribution in [-0.2, 0) is 4.74 Å². The molecule has 1 saturated heterocycles. The Balaban J connectivity index is 2.21. The largest absolute Gasteiger partial charge is 0.493 e. The number of rotatable bonds is 6. The number of alkyl halides is 3. The molecule has 1 aromatic heterocycles. The highest BCUT2D eigenvalue weighted by molar-refractivity contribution is 5.41. The molecule has 0 aliphatic carbocycles. The molecule has 33 heavy (non-hydrogen) atoms. The first-order chi connectivity index (χ1) is 15.4. The van der Waals surface area contributed by atoms with Gasteiger partial charge in [-0.05, 0) is 19.9 Å². The molecule has 3 rings (SSSR count). The van der Waals surface area contributed by atoms with Crippen LogP contribution in [0.25, 0.3) is 0 Å². The van der Waals surface area contributed by atoms with E-state index in [1.54, 1.807) is 0 Å². The molecule has 1 aliphatic rings.